The van der Waals surface area contributed by atoms with Crippen LogP contribution in [0.4, 0.5) is 0 Å². The molecular weight excluding hydrogens is 190 g/mol. The third-order valence-corrected chi connectivity index (χ3v) is 1.68. The van der Waals surface area contributed by atoms with Crippen LogP contribution in [0, 0.1) is 6.92 Å². The molecule has 0 aliphatic heterocycles. The van der Waals surface area contributed by atoms with E-state index in [-0.39, 0.29) is 0 Å². The van der Waals surface area contributed by atoms with Gasteiger partial charge in [-0.05, 0) is 26.8 Å². The molecular formula is C10H17N5. The summed E-state index contributed by atoms with van der Waals surface area (Å²) in [5.74, 6) is 1.19. The minimum absolute atomic E-state index is 0.292. The molecule has 0 atom stereocenters. The number of hydrogen-bond acceptors (Lipinski definition) is 3. The van der Waals surface area contributed by atoms with Crippen molar-refractivity contribution in [3.05, 3.63) is 23.8 Å². The maximum absolute atomic E-state index is 5.66. The summed E-state index contributed by atoms with van der Waals surface area (Å²) >= 11 is 0. The van der Waals surface area contributed by atoms with Gasteiger partial charge in [0.15, 0.2) is 5.96 Å². The maximum Gasteiger partial charge on any atom is 0.189 e. The highest BCUT2D eigenvalue weighted by Gasteiger charge is 1.97. The molecule has 0 unspecified atom stereocenters. The SMILES string of the molecule is Cc1nccc(CN=C(N)NC(C)C)n1. The molecule has 0 aromatic carbocycles. The number of nitrogens with zero attached hydrogens (tertiary/aromatic N) is 3. The Morgan fingerprint density at radius 3 is 2.93 bits per heavy atom. The number of nitrogens with one attached hydrogen (secondary N) is 1. The van der Waals surface area contributed by atoms with Crippen LogP contribution in [0.1, 0.15) is 25.4 Å². The minimum Gasteiger partial charge on any atom is -0.370 e. The lowest BCUT2D eigenvalue weighted by Gasteiger charge is -2.08. The average Bonchev–Trinajstić information content (AvgIpc) is 2.14. The summed E-state index contributed by atoms with van der Waals surface area (Å²) in [7, 11) is 0. The molecule has 0 radical (unpaired) electrons. The van der Waals surface area contributed by atoms with Crippen molar-refractivity contribution in [1.29, 1.82) is 0 Å². The Bertz CT molecular complexity index is 345. The van der Waals surface area contributed by atoms with Crippen LogP contribution in [-0.2, 0) is 6.54 Å². The van der Waals surface area contributed by atoms with Crippen LogP contribution in [0.3, 0.4) is 0 Å². The fraction of sp³-hybridized carbons (Fsp3) is 0.500. The molecule has 0 saturated heterocycles. The Labute approximate surface area is 89.8 Å². The van der Waals surface area contributed by atoms with Crippen LogP contribution in [0.25, 0.3) is 0 Å². The fourth-order valence-electron chi connectivity index (χ4n) is 1.10. The first-order valence-corrected chi connectivity index (χ1v) is 4.93. The molecule has 0 spiro atoms. The van der Waals surface area contributed by atoms with Gasteiger partial charge in [-0.25, -0.2) is 15.0 Å². The van der Waals surface area contributed by atoms with Crippen molar-refractivity contribution < 1.29 is 0 Å². The van der Waals surface area contributed by atoms with Crippen LogP contribution in [0.15, 0.2) is 17.3 Å². The predicted molar refractivity (Wildman–Crippen MR) is 60.4 cm³/mol. The first kappa shape index (κ1) is 11.4. The molecule has 82 valence electrons. The van der Waals surface area contributed by atoms with Gasteiger partial charge in [0.2, 0.25) is 0 Å². The Morgan fingerprint density at radius 2 is 2.33 bits per heavy atom. The van der Waals surface area contributed by atoms with Crippen LogP contribution in [-0.4, -0.2) is 22.0 Å². The molecule has 1 rings (SSSR count). The zero-order chi connectivity index (χ0) is 11.3. The number of aliphatic imine (C=N–C) groups is 1. The Morgan fingerprint density at radius 1 is 1.60 bits per heavy atom. The van der Waals surface area contributed by atoms with Gasteiger partial charge >= 0.3 is 0 Å². The van der Waals surface area contributed by atoms with Gasteiger partial charge in [-0.15, -0.1) is 0 Å². The van der Waals surface area contributed by atoms with Crippen molar-refractivity contribution in [3.8, 4) is 0 Å². The number of rotatable bonds is 3. The van der Waals surface area contributed by atoms with E-state index in [1.165, 1.54) is 0 Å². The normalized spacial score (nSPS) is 11.9. The molecule has 5 nitrogen and oxygen atoms in total. The maximum atomic E-state index is 5.66. The van der Waals surface area contributed by atoms with Gasteiger partial charge in [0.05, 0.1) is 12.2 Å². The van der Waals surface area contributed by atoms with E-state index in [9.17, 15) is 0 Å². The van der Waals surface area contributed by atoms with Gasteiger partial charge in [0, 0.05) is 12.2 Å². The smallest absolute Gasteiger partial charge is 0.189 e. The lowest BCUT2D eigenvalue weighted by Crippen LogP contribution is -2.36. The highest BCUT2D eigenvalue weighted by atomic mass is 15.1. The minimum atomic E-state index is 0.292. The second-order valence-corrected chi connectivity index (χ2v) is 3.60. The van der Waals surface area contributed by atoms with Gasteiger partial charge in [-0.3, -0.25) is 0 Å². The highest BCUT2D eigenvalue weighted by molar-refractivity contribution is 5.77. The van der Waals surface area contributed by atoms with Crippen molar-refractivity contribution in [2.75, 3.05) is 0 Å². The lowest BCUT2D eigenvalue weighted by atomic mass is 10.4. The van der Waals surface area contributed by atoms with E-state index < -0.39 is 0 Å². The summed E-state index contributed by atoms with van der Waals surface area (Å²) in [5.41, 5.74) is 6.53. The van der Waals surface area contributed by atoms with E-state index in [0.29, 0.717) is 18.5 Å². The van der Waals surface area contributed by atoms with Crippen molar-refractivity contribution in [2.45, 2.75) is 33.4 Å². The van der Waals surface area contributed by atoms with E-state index in [1.807, 2.05) is 26.8 Å². The fourth-order valence-corrected chi connectivity index (χ4v) is 1.10. The van der Waals surface area contributed by atoms with Crippen LogP contribution in [0.2, 0.25) is 0 Å². The number of nitrogens with two attached hydrogens (primary N) is 1. The molecule has 15 heavy (non-hydrogen) atoms. The first-order chi connectivity index (χ1) is 7.08. The summed E-state index contributed by atoms with van der Waals surface area (Å²) in [4.78, 5) is 12.4. The van der Waals surface area contributed by atoms with Gasteiger partial charge < -0.3 is 11.1 Å². The Kier molecular flexibility index (Phi) is 4.03. The molecule has 3 N–H and O–H groups in total. The van der Waals surface area contributed by atoms with Gasteiger partial charge in [0.25, 0.3) is 0 Å². The zero-order valence-electron chi connectivity index (χ0n) is 9.36. The summed E-state index contributed by atoms with van der Waals surface area (Å²) in [5, 5.41) is 3.01. The Hall–Kier alpha value is -1.65. The van der Waals surface area contributed by atoms with Crippen molar-refractivity contribution >= 4 is 5.96 Å². The monoisotopic (exact) mass is 207 g/mol. The largest absolute Gasteiger partial charge is 0.370 e. The summed E-state index contributed by atoms with van der Waals surface area (Å²) < 4.78 is 0. The van der Waals surface area contributed by atoms with Crippen LogP contribution in [0.5, 0.6) is 0 Å². The predicted octanol–water partition coefficient (Wildman–Crippen LogP) is 0.598. The van der Waals surface area contributed by atoms with E-state index in [4.69, 9.17) is 5.73 Å². The second-order valence-electron chi connectivity index (χ2n) is 3.60. The third-order valence-electron chi connectivity index (χ3n) is 1.68. The summed E-state index contributed by atoms with van der Waals surface area (Å²) in [6.45, 7) is 6.35. The second kappa shape index (κ2) is 5.29. The van der Waals surface area contributed by atoms with Crippen LogP contribution >= 0.6 is 0 Å². The molecule has 1 aromatic rings. The molecule has 0 fully saturated rings. The first-order valence-electron chi connectivity index (χ1n) is 4.93. The lowest BCUT2D eigenvalue weighted by molar-refractivity contribution is 0.722. The molecule has 0 bridgehead atoms. The van der Waals surface area contributed by atoms with Crippen molar-refractivity contribution in [1.82, 2.24) is 15.3 Å². The van der Waals surface area contributed by atoms with E-state index in [1.54, 1.807) is 6.20 Å². The standard InChI is InChI=1S/C10H17N5/c1-7(2)14-10(11)13-6-9-4-5-12-8(3)15-9/h4-5,7H,6H2,1-3H3,(H3,11,13,14). The van der Waals surface area contributed by atoms with Crippen LogP contribution < -0.4 is 11.1 Å². The molecule has 0 amide bonds. The van der Waals surface area contributed by atoms with E-state index >= 15 is 0 Å². The third kappa shape index (κ3) is 4.39. The molecule has 0 aliphatic carbocycles. The van der Waals surface area contributed by atoms with Crippen molar-refractivity contribution in [3.63, 3.8) is 0 Å². The molecule has 0 saturated carbocycles. The number of aryl methyl sites for hydroxylation is 1. The van der Waals surface area contributed by atoms with Crippen molar-refractivity contribution in [2.24, 2.45) is 10.7 Å². The van der Waals surface area contributed by atoms with Gasteiger partial charge in [-0.1, -0.05) is 0 Å². The molecule has 0 aliphatic rings. The number of guanidine groups is 1. The topological polar surface area (TPSA) is 76.2 Å². The summed E-state index contributed by atoms with van der Waals surface area (Å²) in [6, 6.07) is 2.12. The van der Waals surface area contributed by atoms with Gasteiger partial charge in [-0.2, -0.15) is 0 Å². The molecule has 1 heterocycles. The van der Waals surface area contributed by atoms with E-state index in [0.717, 1.165) is 11.5 Å². The van der Waals surface area contributed by atoms with Gasteiger partial charge in [0.1, 0.15) is 5.82 Å². The highest BCUT2D eigenvalue weighted by Crippen LogP contribution is 1.96. The number of aromatic nitrogens is 2. The molecule has 1 aromatic heterocycles. The quantitative estimate of drug-likeness (QED) is 0.562. The average molecular weight is 207 g/mol. The molecule has 5 heteroatoms. The Balaban J connectivity index is 2.56. The van der Waals surface area contributed by atoms with E-state index in [2.05, 4.69) is 20.3 Å². The zero-order valence-corrected chi connectivity index (χ0v) is 9.36. The number of hydrogen-bond donors (Lipinski definition) is 2. The summed E-state index contributed by atoms with van der Waals surface area (Å²) in [6.07, 6.45) is 1.72.